The highest BCUT2D eigenvalue weighted by molar-refractivity contribution is 5.69. The monoisotopic (exact) mass is 775 g/mol. The summed E-state index contributed by atoms with van der Waals surface area (Å²) in [7, 11) is 0. The minimum Gasteiger partial charge on any atom is -0.457 e. The van der Waals surface area contributed by atoms with Crippen LogP contribution in [0.2, 0.25) is 0 Å². The van der Waals surface area contributed by atoms with Gasteiger partial charge in [-0.15, -0.1) is 0 Å². The lowest BCUT2D eigenvalue weighted by Crippen LogP contribution is -2.59. The number of hydrogen-bond donors (Lipinski definition) is 4. The van der Waals surface area contributed by atoms with Gasteiger partial charge < -0.3 is 39.4 Å². The summed E-state index contributed by atoms with van der Waals surface area (Å²) in [5.74, 6) is -0.330. The molecule has 1 fully saturated rings. The Morgan fingerprint density at radius 3 is 1.67 bits per heavy atom. The Kier molecular flexibility index (Phi) is 34.3. The van der Waals surface area contributed by atoms with E-state index >= 15 is 0 Å². The first-order valence-electron chi connectivity index (χ1n) is 21.5. The first-order valence-corrected chi connectivity index (χ1v) is 21.5. The van der Waals surface area contributed by atoms with Crippen molar-refractivity contribution in [3.8, 4) is 0 Å². The zero-order valence-corrected chi connectivity index (χ0v) is 34.4. The molecule has 1 saturated heterocycles. The van der Waals surface area contributed by atoms with Gasteiger partial charge in [0.15, 0.2) is 6.29 Å². The van der Waals surface area contributed by atoms with Crippen LogP contribution in [0.15, 0.2) is 72.9 Å². The molecule has 6 atom stereocenters. The number of esters is 1. The molecule has 0 aliphatic carbocycles. The van der Waals surface area contributed by atoms with E-state index in [1.807, 2.05) is 0 Å². The molecule has 0 saturated carbocycles. The second-order valence-corrected chi connectivity index (χ2v) is 14.4. The summed E-state index contributed by atoms with van der Waals surface area (Å²) in [6, 6.07) is 0. The van der Waals surface area contributed by atoms with Crippen LogP contribution in [-0.4, -0.2) is 89.6 Å². The molecule has 55 heavy (non-hydrogen) atoms. The summed E-state index contributed by atoms with van der Waals surface area (Å²) in [6.45, 7) is 4.34. The van der Waals surface area contributed by atoms with E-state index in [1.165, 1.54) is 32.1 Å². The number of rotatable bonds is 35. The third-order valence-electron chi connectivity index (χ3n) is 9.39. The van der Waals surface area contributed by atoms with Gasteiger partial charge in [-0.25, -0.2) is 0 Å². The molecular formula is C46H78O9. The molecule has 4 N–H and O–H groups in total. The van der Waals surface area contributed by atoms with Crippen LogP contribution in [0, 0.1) is 0 Å². The van der Waals surface area contributed by atoms with Crippen LogP contribution in [0.25, 0.3) is 0 Å². The molecule has 0 aromatic rings. The molecule has 0 bridgehead atoms. The summed E-state index contributed by atoms with van der Waals surface area (Å²) in [4.78, 5) is 12.6. The van der Waals surface area contributed by atoms with Gasteiger partial charge in [0.1, 0.15) is 30.5 Å². The molecule has 1 aliphatic rings. The van der Waals surface area contributed by atoms with Gasteiger partial charge in [-0.2, -0.15) is 0 Å². The number of hydrogen-bond acceptors (Lipinski definition) is 9. The number of ether oxygens (including phenoxy) is 4. The number of aliphatic hydroxyl groups is 4. The van der Waals surface area contributed by atoms with E-state index in [2.05, 4.69) is 86.8 Å². The molecule has 0 amide bonds. The fraction of sp³-hybridized carbons (Fsp3) is 0.717. The van der Waals surface area contributed by atoms with E-state index < -0.39 is 43.4 Å². The van der Waals surface area contributed by atoms with Crippen LogP contribution >= 0.6 is 0 Å². The van der Waals surface area contributed by atoms with Crippen molar-refractivity contribution in [3.63, 3.8) is 0 Å². The number of allylic oxidation sites excluding steroid dienone is 12. The second-order valence-electron chi connectivity index (χ2n) is 14.4. The standard InChI is InChI=1S/C46H78O9/c1-3-5-7-9-11-13-14-15-16-17-18-19-20-21-22-23-24-25-26-27-28-30-32-34-36-52-38-40(54-42(48)35-33-31-29-12-10-8-6-4-2)39-53-46-45(51)44(50)43(49)41(37-47)55-46/h5,7,11,13,15-16,18-19,21-22,24-25,40-41,43-47,49-51H,3-4,6,8-10,12,14,17,20,23,26-39H2,1-2H3/b7-5-,13-11-,16-15-,19-18-,22-21-,25-24-. The van der Waals surface area contributed by atoms with Crippen molar-refractivity contribution in [1.82, 2.24) is 0 Å². The molecule has 0 aromatic heterocycles. The summed E-state index contributed by atoms with van der Waals surface area (Å²) < 4.78 is 22.7. The lowest BCUT2D eigenvalue weighted by atomic mass is 9.99. The van der Waals surface area contributed by atoms with Crippen molar-refractivity contribution in [1.29, 1.82) is 0 Å². The van der Waals surface area contributed by atoms with Crippen molar-refractivity contribution in [3.05, 3.63) is 72.9 Å². The Labute approximate surface area is 334 Å². The van der Waals surface area contributed by atoms with Crippen molar-refractivity contribution in [2.75, 3.05) is 26.4 Å². The number of carbonyl (C=O) groups excluding carboxylic acids is 1. The van der Waals surface area contributed by atoms with Crippen LogP contribution in [0.3, 0.4) is 0 Å². The Hall–Kier alpha value is -2.37. The van der Waals surface area contributed by atoms with E-state index in [4.69, 9.17) is 18.9 Å². The summed E-state index contributed by atoms with van der Waals surface area (Å²) in [5, 5.41) is 40.0. The van der Waals surface area contributed by atoms with Gasteiger partial charge >= 0.3 is 5.97 Å². The predicted molar refractivity (Wildman–Crippen MR) is 224 cm³/mol. The number of aliphatic hydroxyl groups excluding tert-OH is 4. The lowest BCUT2D eigenvalue weighted by molar-refractivity contribution is -0.305. The van der Waals surface area contributed by atoms with Gasteiger partial charge in [0.25, 0.3) is 0 Å². The quantitative estimate of drug-likeness (QED) is 0.0282. The number of carbonyl (C=O) groups is 1. The third kappa shape index (κ3) is 28.6. The van der Waals surface area contributed by atoms with Crippen molar-refractivity contribution in [2.24, 2.45) is 0 Å². The smallest absolute Gasteiger partial charge is 0.306 e. The maximum absolute atomic E-state index is 12.6. The molecule has 1 aliphatic heterocycles. The summed E-state index contributed by atoms with van der Waals surface area (Å²) in [5.41, 5.74) is 0. The molecule has 0 radical (unpaired) electrons. The molecular weight excluding hydrogens is 696 g/mol. The van der Waals surface area contributed by atoms with Crippen molar-refractivity contribution < 1.29 is 44.2 Å². The van der Waals surface area contributed by atoms with Gasteiger partial charge in [0.05, 0.1) is 19.8 Å². The van der Waals surface area contributed by atoms with E-state index in [0.717, 1.165) is 96.3 Å². The largest absolute Gasteiger partial charge is 0.457 e. The molecule has 1 rings (SSSR count). The van der Waals surface area contributed by atoms with E-state index in [1.54, 1.807) is 0 Å². The van der Waals surface area contributed by atoms with Crippen LogP contribution in [0.1, 0.15) is 149 Å². The Bertz CT molecular complexity index is 1060. The molecule has 6 unspecified atom stereocenters. The zero-order chi connectivity index (χ0) is 40.0. The van der Waals surface area contributed by atoms with Crippen LogP contribution in [-0.2, 0) is 23.7 Å². The summed E-state index contributed by atoms with van der Waals surface area (Å²) >= 11 is 0. The molecule has 316 valence electrons. The number of unbranched alkanes of at least 4 members (excludes halogenated alkanes) is 12. The fourth-order valence-electron chi connectivity index (χ4n) is 6.02. The Morgan fingerprint density at radius 2 is 1.11 bits per heavy atom. The molecule has 9 heteroatoms. The van der Waals surface area contributed by atoms with Gasteiger partial charge in [0, 0.05) is 13.0 Å². The van der Waals surface area contributed by atoms with Crippen molar-refractivity contribution >= 4 is 5.97 Å². The minimum absolute atomic E-state index is 0.125. The van der Waals surface area contributed by atoms with Crippen molar-refractivity contribution in [2.45, 2.75) is 185 Å². The fourth-order valence-corrected chi connectivity index (χ4v) is 6.02. The summed E-state index contributed by atoms with van der Waals surface area (Å²) in [6.07, 6.45) is 40.9. The SMILES string of the molecule is CC/C=C\C/C=C\C/C=C\C/C=C\C/C=C\C/C=C\CCCCCCCOCC(COC1OC(CO)C(O)C(O)C1O)OC(=O)CCCCCCCCCC. The second kappa shape index (κ2) is 37.2. The normalized spacial score (nSPS) is 21.5. The van der Waals surface area contributed by atoms with Gasteiger partial charge in [-0.05, 0) is 64.2 Å². The lowest BCUT2D eigenvalue weighted by Gasteiger charge is -2.39. The highest BCUT2D eigenvalue weighted by atomic mass is 16.7. The Morgan fingerprint density at radius 1 is 0.600 bits per heavy atom. The maximum Gasteiger partial charge on any atom is 0.306 e. The van der Waals surface area contributed by atoms with Gasteiger partial charge in [-0.3, -0.25) is 4.79 Å². The Balaban J connectivity index is 2.23. The first kappa shape index (κ1) is 50.6. The third-order valence-corrected chi connectivity index (χ3v) is 9.39. The van der Waals surface area contributed by atoms with E-state index in [9.17, 15) is 25.2 Å². The maximum atomic E-state index is 12.6. The van der Waals surface area contributed by atoms with E-state index in [0.29, 0.717) is 13.0 Å². The zero-order valence-electron chi connectivity index (χ0n) is 34.4. The van der Waals surface area contributed by atoms with Gasteiger partial charge in [-0.1, -0.05) is 151 Å². The molecule has 0 spiro atoms. The molecule has 1 heterocycles. The average molecular weight is 775 g/mol. The van der Waals surface area contributed by atoms with Crippen LogP contribution in [0.4, 0.5) is 0 Å². The molecule has 9 nitrogen and oxygen atoms in total. The first-order chi connectivity index (χ1) is 26.9. The van der Waals surface area contributed by atoms with Gasteiger partial charge in [0.2, 0.25) is 0 Å². The minimum atomic E-state index is -1.54. The van der Waals surface area contributed by atoms with Crippen LogP contribution in [0.5, 0.6) is 0 Å². The van der Waals surface area contributed by atoms with Crippen LogP contribution < -0.4 is 0 Å². The highest BCUT2D eigenvalue weighted by Crippen LogP contribution is 2.22. The topological polar surface area (TPSA) is 135 Å². The predicted octanol–water partition coefficient (Wildman–Crippen LogP) is 9.30. The average Bonchev–Trinajstić information content (AvgIpc) is 3.18. The highest BCUT2D eigenvalue weighted by Gasteiger charge is 2.44. The van der Waals surface area contributed by atoms with E-state index in [-0.39, 0.29) is 19.2 Å². The molecule has 0 aromatic carbocycles.